The van der Waals surface area contributed by atoms with Crippen molar-refractivity contribution in [2.24, 2.45) is 4.99 Å². The van der Waals surface area contributed by atoms with Gasteiger partial charge in [-0.2, -0.15) is 0 Å². The van der Waals surface area contributed by atoms with E-state index >= 15 is 0 Å². The number of hydrogen-bond donors (Lipinski definition) is 1. The normalized spacial score (nSPS) is 16.5. The monoisotopic (exact) mass is 522 g/mol. The molecule has 0 radical (unpaired) electrons. The van der Waals surface area contributed by atoms with Crippen molar-refractivity contribution in [3.8, 4) is 11.5 Å². The van der Waals surface area contributed by atoms with E-state index in [1.807, 2.05) is 40.6 Å². The second kappa shape index (κ2) is 12.0. The van der Waals surface area contributed by atoms with Crippen molar-refractivity contribution in [2.45, 2.75) is 32.7 Å². The molecule has 0 saturated carbocycles. The van der Waals surface area contributed by atoms with Crippen LogP contribution in [0.1, 0.15) is 37.6 Å². The number of aliphatic imine (C=N–C) groups is 1. The molecule has 9 nitrogen and oxygen atoms in total. The molecule has 4 rings (SSSR count). The first-order chi connectivity index (χ1) is 17.9. The zero-order chi connectivity index (χ0) is 26.4. The van der Waals surface area contributed by atoms with Gasteiger partial charge in [-0.15, -0.1) is 0 Å². The molecule has 0 fully saturated rings. The van der Waals surface area contributed by atoms with Crippen molar-refractivity contribution in [3.05, 3.63) is 76.2 Å². The number of thioether (sulfide) groups is 1. The molecule has 2 aromatic rings. The van der Waals surface area contributed by atoms with Crippen LogP contribution in [0.2, 0.25) is 0 Å². The average molecular weight is 523 g/mol. The second-order valence-corrected chi connectivity index (χ2v) is 9.19. The minimum atomic E-state index is -0.571. The van der Waals surface area contributed by atoms with Gasteiger partial charge in [0.05, 0.1) is 44.6 Å². The summed E-state index contributed by atoms with van der Waals surface area (Å²) in [7, 11) is 3.15. The minimum absolute atomic E-state index is 0.126. The number of ether oxygens (including phenoxy) is 3. The molecule has 1 atom stereocenters. The summed E-state index contributed by atoms with van der Waals surface area (Å²) in [6.07, 6.45) is 2.50. The van der Waals surface area contributed by atoms with Gasteiger partial charge in [-0.3, -0.25) is 9.78 Å². The lowest BCUT2D eigenvalue weighted by molar-refractivity contribution is -0.139. The van der Waals surface area contributed by atoms with Gasteiger partial charge in [-0.1, -0.05) is 17.8 Å². The lowest BCUT2D eigenvalue weighted by atomic mass is 9.93. The van der Waals surface area contributed by atoms with E-state index in [0.29, 0.717) is 40.9 Å². The molecular weight excluding hydrogens is 492 g/mol. The van der Waals surface area contributed by atoms with Crippen LogP contribution >= 0.6 is 11.8 Å². The van der Waals surface area contributed by atoms with Gasteiger partial charge in [-0.25, -0.2) is 9.79 Å². The highest BCUT2D eigenvalue weighted by Crippen LogP contribution is 2.46. The van der Waals surface area contributed by atoms with Crippen molar-refractivity contribution < 1.29 is 23.8 Å². The number of esters is 1. The van der Waals surface area contributed by atoms with E-state index in [-0.39, 0.29) is 18.9 Å². The predicted molar refractivity (Wildman–Crippen MR) is 142 cm³/mol. The van der Waals surface area contributed by atoms with E-state index < -0.39 is 12.0 Å². The number of fused-ring (bicyclic) bond motifs is 1. The van der Waals surface area contributed by atoms with Crippen molar-refractivity contribution in [1.82, 2.24) is 15.2 Å². The zero-order valence-electron chi connectivity index (χ0n) is 21.3. The molecule has 0 aliphatic carbocycles. The lowest BCUT2D eigenvalue weighted by Crippen LogP contribution is -2.38. The van der Waals surface area contributed by atoms with Gasteiger partial charge in [-0.05, 0) is 49.1 Å². The fourth-order valence-electron chi connectivity index (χ4n) is 4.25. The minimum Gasteiger partial charge on any atom is -0.497 e. The summed E-state index contributed by atoms with van der Waals surface area (Å²) in [6.45, 7) is 4.27. The number of nitrogens with zero attached hydrogens (tertiary/aromatic N) is 3. The van der Waals surface area contributed by atoms with Gasteiger partial charge in [0.15, 0.2) is 5.17 Å². The van der Waals surface area contributed by atoms with Crippen LogP contribution in [-0.4, -0.2) is 54.3 Å². The summed E-state index contributed by atoms with van der Waals surface area (Å²) in [6, 6.07) is 10.6. The number of hydrogen-bond acceptors (Lipinski definition) is 9. The smallest absolute Gasteiger partial charge is 0.338 e. The van der Waals surface area contributed by atoms with Crippen LogP contribution in [0.15, 0.2) is 70.0 Å². The first-order valence-corrected chi connectivity index (χ1v) is 12.8. The first-order valence-electron chi connectivity index (χ1n) is 12.0. The highest BCUT2D eigenvalue weighted by atomic mass is 32.2. The van der Waals surface area contributed by atoms with Gasteiger partial charge >= 0.3 is 5.97 Å². The Balaban J connectivity index is 1.62. The Morgan fingerprint density at radius 1 is 1.14 bits per heavy atom. The molecule has 1 aromatic carbocycles. The number of aromatic nitrogens is 1. The number of nitrogens with one attached hydrogen (secondary N) is 1. The first kappa shape index (κ1) is 26.3. The van der Waals surface area contributed by atoms with Crippen molar-refractivity contribution in [1.29, 1.82) is 0 Å². The van der Waals surface area contributed by atoms with Crippen molar-refractivity contribution >= 4 is 28.8 Å². The van der Waals surface area contributed by atoms with Crippen molar-refractivity contribution in [3.63, 3.8) is 0 Å². The lowest BCUT2D eigenvalue weighted by Gasteiger charge is -2.36. The highest BCUT2D eigenvalue weighted by Gasteiger charge is 2.41. The van der Waals surface area contributed by atoms with Crippen molar-refractivity contribution in [2.75, 3.05) is 27.4 Å². The highest BCUT2D eigenvalue weighted by molar-refractivity contribution is 8.16. The predicted octanol–water partition coefficient (Wildman–Crippen LogP) is 3.99. The Labute approximate surface area is 220 Å². The van der Waals surface area contributed by atoms with E-state index in [1.165, 1.54) is 11.8 Å². The number of rotatable bonds is 10. The number of benzene rings is 1. The van der Waals surface area contributed by atoms with Crippen LogP contribution in [-0.2, 0) is 20.7 Å². The third kappa shape index (κ3) is 5.96. The Morgan fingerprint density at radius 2 is 1.89 bits per heavy atom. The quantitative estimate of drug-likeness (QED) is 0.468. The fraction of sp³-hybridized carbons (Fsp3) is 0.333. The van der Waals surface area contributed by atoms with Gasteiger partial charge in [0.1, 0.15) is 11.5 Å². The van der Waals surface area contributed by atoms with Gasteiger partial charge in [0.25, 0.3) is 0 Å². The molecule has 3 heterocycles. The van der Waals surface area contributed by atoms with Crippen LogP contribution < -0.4 is 14.8 Å². The molecule has 194 valence electrons. The molecule has 1 N–H and O–H groups in total. The maximum Gasteiger partial charge on any atom is 0.338 e. The van der Waals surface area contributed by atoms with Gasteiger partial charge in [0.2, 0.25) is 5.91 Å². The molecule has 2 aliphatic rings. The number of amides is 1. The maximum absolute atomic E-state index is 13.1. The van der Waals surface area contributed by atoms with Crippen LogP contribution in [0.5, 0.6) is 11.5 Å². The number of amidine groups is 1. The summed E-state index contributed by atoms with van der Waals surface area (Å²) in [5.74, 6) is 0.591. The van der Waals surface area contributed by atoms with Crippen LogP contribution in [0.4, 0.5) is 0 Å². The van der Waals surface area contributed by atoms with E-state index in [4.69, 9.17) is 14.2 Å². The molecule has 0 spiro atoms. The Kier molecular flexibility index (Phi) is 8.50. The number of allylic oxidation sites excluding steroid dienone is 1. The van der Waals surface area contributed by atoms with Crippen LogP contribution in [0, 0.1) is 0 Å². The zero-order valence-corrected chi connectivity index (χ0v) is 22.1. The number of methoxy groups -OCH3 is 2. The summed E-state index contributed by atoms with van der Waals surface area (Å²) in [4.78, 5) is 36.9. The summed E-state index contributed by atoms with van der Waals surface area (Å²) in [5.41, 5.74) is 3.38. The molecule has 10 heteroatoms. The van der Waals surface area contributed by atoms with Crippen LogP contribution in [0.3, 0.4) is 0 Å². The van der Waals surface area contributed by atoms with E-state index in [9.17, 15) is 9.59 Å². The number of carbonyl (C=O) groups is 2. The molecule has 1 unspecified atom stereocenters. The summed E-state index contributed by atoms with van der Waals surface area (Å²) >= 11 is 1.42. The van der Waals surface area contributed by atoms with E-state index in [2.05, 4.69) is 15.3 Å². The second-order valence-electron chi connectivity index (χ2n) is 8.36. The third-order valence-electron chi connectivity index (χ3n) is 5.96. The molecule has 1 aromatic heterocycles. The number of carbonyl (C=O) groups excluding carboxylic acids is 2. The molecule has 0 bridgehead atoms. The molecule has 1 amide bonds. The topological polar surface area (TPSA) is 102 Å². The van der Waals surface area contributed by atoms with Gasteiger partial charge in [0, 0.05) is 36.6 Å². The summed E-state index contributed by atoms with van der Waals surface area (Å²) in [5, 5.41) is 5.56. The van der Waals surface area contributed by atoms with Crippen LogP contribution in [0.25, 0.3) is 0 Å². The summed E-state index contributed by atoms with van der Waals surface area (Å²) < 4.78 is 16.4. The fourth-order valence-corrected chi connectivity index (χ4v) is 5.21. The molecule has 37 heavy (non-hydrogen) atoms. The average Bonchev–Trinajstić information content (AvgIpc) is 3.29. The Bertz CT molecular complexity index is 1240. The van der Waals surface area contributed by atoms with E-state index in [0.717, 1.165) is 17.0 Å². The number of pyridine rings is 1. The van der Waals surface area contributed by atoms with Gasteiger partial charge < -0.3 is 24.4 Å². The van der Waals surface area contributed by atoms with E-state index in [1.54, 1.807) is 40.3 Å². The maximum atomic E-state index is 13.1. The molecular formula is C27H30N4O5S. The third-order valence-corrected chi connectivity index (χ3v) is 6.85. The Hall–Kier alpha value is -3.79. The Morgan fingerprint density at radius 3 is 2.54 bits per heavy atom. The molecule has 2 aliphatic heterocycles. The largest absolute Gasteiger partial charge is 0.497 e. The standard InChI is InChI=1S/C27H30N4O5S/c1-5-36-26(33)24-17(2)30-27-31(25(24)18-12-21(34-3)15-22(13-18)35-4)20(16-37-27)14-23(32)29-11-9-19-8-6-7-10-28-19/h6-8,10,12-13,15-16,25H,5,9,11,14H2,1-4H3,(H,29,32). The molecule has 0 saturated heterocycles. The SMILES string of the molecule is CCOC(=O)C1=C(C)N=C2SC=C(CC(=O)NCCc3ccccn3)N2C1c1cc(OC)cc(OC)c1.